The van der Waals surface area contributed by atoms with Gasteiger partial charge in [0.15, 0.2) is 6.10 Å². The fourth-order valence-electron chi connectivity index (χ4n) is 0.778. The van der Waals surface area contributed by atoms with Gasteiger partial charge in [0, 0.05) is 0 Å². The largest absolute Gasteiger partial charge is 0.479 e. The highest BCUT2D eigenvalue weighted by Gasteiger charge is 2.14. The van der Waals surface area contributed by atoms with Gasteiger partial charge >= 0.3 is 5.97 Å². The number of carbonyl (C=O) groups is 1. The molecule has 1 aromatic carbocycles. The van der Waals surface area contributed by atoms with E-state index < -0.39 is 12.1 Å². The van der Waals surface area contributed by atoms with E-state index in [9.17, 15) is 4.79 Å². The monoisotopic (exact) mass is 197 g/mol. The van der Waals surface area contributed by atoms with Crippen LogP contribution in [-0.2, 0) is 4.79 Å². The van der Waals surface area contributed by atoms with Crippen LogP contribution in [0.25, 0.3) is 0 Å². The average Bonchev–Trinajstić information content (AvgIpc) is 2.19. The van der Waals surface area contributed by atoms with Gasteiger partial charge < -0.3 is 15.9 Å². The molecule has 4 N–H and O–H groups in total. The maximum atomic E-state index is 10.2. The molecule has 1 atom stereocenters. The molecule has 4 nitrogen and oxygen atoms in total. The second-order valence-corrected chi connectivity index (χ2v) is 2.56. The first-order chi connectivity index (χ1) is 6.63. The molecule has 0 aliphatic heterocycles. The number of aliphatic hydroxyl groups is 1. The Hall–Kier alpha value is -1.39. The molecule has 0 bridgehead atoms. The van der Waals surface area contributed by atoms with Gasteiger partial charge in [0.25, 0.3) is 0 Å². The summed E-state index contributed by atoms with van der Waals surface area (Å²) in [6.07, 6.45) is -1.41. The molecule has 0 saturated carbocycles. The van der Waals surface area contributed by atoms with Crippen LogP contribution in [0.15, 0.2) is 30.3 Å². The third kappa shape index (κ3) is 4.59. The number of hydrogen-bond acceptors (Lipinski definition) is 3. The van der Waals surface area contributed by atoms with Crippen molar-refractivity contribution in [1.82, 2.24) is 0 Å². The summed E-state index contributed by atoms with van der Waals surface area (Å²) in [5.41, 5.74) is 5.25. The van der Waals surface area contributed by atoms with E-state index in [1.165, 1.54) is 0 Å². The predicted molar refractivity (Wildman–Crippen MR) is 53.8 cm³/mol. The van der Waals surface area contributed by atoms with Crippen LogP contribution in [0.4, 0.5) is 0 Å². The molecule has 0 radical (unpaired) electrons. The number of rotatable bonds is 2. The molecule has 4 heteroatoms. The standard InChI is InChI=1S/C8H8O3.C2H7N/c9-7(8(10)11)6-4-2-1-3-5-6;1-2-3/h1-5,7,9H,(H,10,11);2-3H2,1H3. The lowest BCUT2D eigenvalue weighted by molar-refractivity contribution is -0.146. The van der Waals surface area contributed by atoms with Crippen LogP contribution in [-0.4, -0.2) is 22.7 Å². The number of carboxylic acids is 1. The highest BCUT2D eigenvalue weighted by molar-refractivity contribution is 5.73. The number of benzene rings is 1. The number of aliphatic carboxylic acids is 1. The van der Waals surface area contributed by atoms with E-state index >= 15 is 0 Å². The van der Waals surface area contributed by atoms with Gasteiger partial charge in [-0.1, -0.05) is 37.3 Å². The SMILES string of the molecule is CCN.O=C(O)C(O)c1ccccc1. The van der Waals surface area contributed by atoms with Gasteiger partial charge in [-0.3, -0.25) is 0 Å². The van der Waals surface area contributed by atoms with Crippen molar-refractivity contribution in [3.05, 3.63) is 35.9 Å². The maximum Gasteiger partial charge on any atom is 0.337 e. The zero-order valence-electron chi connectivity index (χ0n) is 8.05. The summed E-state index contributed by atoms with van der Waals surface area (Å²) in [6.45, 7) is 2.65. The van der Waals surface area contributed by atoms with Crippen LogP contribution in [0, 0.1) is 0 Å². The lowest BCUT2D eigenvalue weighted by Gasteiger charge is -2.03. The van der Waals surface area contributed by atoms with Crippen LogP contribution in [0.1, 0.15) is 18.6 Å². The molecular weight excluding hydrogens is 182 g/mol. The zero-order chi connectivity index (χ0) is 11.0. The van der Waals surface area contributed by atoms with Crippen molar-refractivity contribution in [3.8, 4) is 0 Å². The molecular formula is C10H15NO3. The molecule has 14 heavy (non-hydrogen) atoms. The van der Waals surface area contributed by atoms with E-state index in [-0.39, 0.29) is 0 Å². The molecule has 0 amide bonds. The molecule has 1 unspecified atom stereocenters. The molecule has 0 heterocycles. The predicted octanol–water partition coefficient (Wildman–Crippen LogP) is 0.770. The summed E-state index contributed by atoms with van der Waals surface area (Å²) in [5.74, 6) is -1.23. The second kappa shape index (κ2) is 7.06. The smallest absolute Gasteiger partial charge is 0.337 e. The Morgan fingerprint density at radius 1 is 1.43 bits per heavy atom. The van der Waals surface area contributed by atoms with E-state index in [1.807, 2.05) is 6.92 Å². The molecule has 0 aromatic heterocycles. The van der Waals surface area contributed by atoms with Gasteiger partial charge in [0.1, 0.15) is 0 Å². The van der Waals surface area contributed by atoms with Crippen molar-refractivity contribution in [1.29, 1.82) is 0 Å². The minimum absolute atomic E-state index is 0.403. The Morgan fingerprint density at radius 2 is 1.86 bits per heavy atom. The Morgan fingerprint density at radius 3 is 2.21 bits per heavy atom. The highest BCUT2D eigenvalue weighted by Crippen LogP contribution is 2.10. The molecule has 0 aliphatic carbocycles. The first-order valence-corrected chi connectivity index (χ1v) is 4.29. The van der Waals surface area contributed by atoms with E-state index in [0.717, 1.165) is 6.54 Å². The van der Waals surface area contributed by atoms with Crippen molar-refractivity contribution < 1.29 is 15.0 Å². The molecule has 0 fully saturated rings. The maximum absolute atomic E-state index is 10.2. The Kier molecular flexibility index (Phi) is 6.36. The topological polar surface area (TPSA) is 83.6 Å². The highest BCUT2D eigenvalue weighted by atomic mass is 16.4. The average molecular weight is 197 g/mol. The molecule has 1 aromatic rings. The third-order valence-electron chi connectivity index (χ3n) is 1.35. The summed E-state index contributed by atoms with van der Waals surface area (Å²) < 4.78 is 0. The van der Waals surface area contributed by atoms with Crippen LogP contribution in [0.2, 0.25) is 0 Å². The van der Waals surface area contributed by atoms with Gasteiger partial charge in [-0.25, -0.2) is 4.79 Å². The van der Waals surface area contributed by atoms with Crippen LogP contribution >= 0.6 is 0 Å². The summed E-state index contributed by atoms with van der Waals surface area (Å²) in [5, 5.41) is 17.4. The number of hydrogen-bond donors (Lipinski definition) is 3. The van der Waals surface area contributed by atoms with Crippen LogP contribution in [0.3, 0.4) is 0 Å². The molecule has 0 aliphatic rings. The first-order valence-electron chi connectivity index (χ1n) is 4.29. The fraction of sp³-hybridized carbons (Fsp3) is 0.300. The zero-order valence-corrected chi connectivity index (χ0v) is 8.05. The van der Waals surface area contributed by atoms with E-state index in [4.69, 9.17) is 15.9 Å². The molecule has 0 saturated heterocycles. The van der Waals surface area contributed by atoms with Crippen molar-refractivity contribution in [2.75, 3.05) is 6.54 Å². The Balaban J connectivity index is 0.000000500. The van der Waals surface area contributed by atoms with Gasteiger partial charge in [-0.2, -0.15) is 0 Å². The summed E-state index contributed by atoms with van der Waals surface area (Å²) >= 11 is 0. The summed E-state index contributed by atoms with van der Waals surface area (Å²) in [4.78, 5) is 10.2. The second-order valence-electron chi connectivity index (χ2n) is 2.56. The molecule has 0 spiro atoms. The fourth-order valence-corrected chi connectivity index (χ4v) is 0.778. The van der Waals surface area contributed by atoms with Crippen LogP contribution < -0.4 is 5.73 Å². The van der Waals surface area contributed by atoms with Crippen molar-refractivity contribution in [3.63, 3.8) is 0 Å². The van der Waals surface area contributed by atoms with Gasteiger partial charge in [0.05, 0.1) is 0 Å². The number of nitrogens with two attached hydrogens (primary N) is 1. The molecule has 78 valence electrons. The minimum Gasteiger partial charge on any atom is -0.479 e. The first kappa shape index (κ1) is 12.6. The van der Waals surface area contributed by atoms with Crippen molar-refractivity contribution in [2.24, 2.45) is 5.73 Å². The summed E-state index contributed by atoms with van der Waals surface area (Å²) in [6, 6.07) is 8.26. The van der Waals surface area contributed by atoms with Gasteiger partial charge in [0.2, 0.25) is 0 Å². The van der Waals surface area contributed by atoms with E-state index in [2.05, 4.69) is 0 Å². The lowest BCUT2D eigenvalue weighted by atomic mass is 10.1. The Bertz CT molecular complexity index is 261. The van der Waals surface area contributed by atoms with Crippen molar-refractivity contribution in [2.45, 2.75) is 13.0 Å². The normalized spacial score (nSPS) is 11.1. The van der Waals surface area contributed by atoms with Gasteiger partial charge in [-0.15, -0.1) is 0 Å². The quantitative estimate of drug-likeness (QED) is 0.653. The third-order valence-corrected chi connectivity index (χ3v) is 1.35. The Labute approximate surface area is 83.0 Å². The molecule has 1 rings (SSSR count). The number of carboxylic acid groups (broad SMARTS) is 1. The van der Waals surface area contributed by atoms with Gasteiger partial charge in [-0.05, 0) is 12.1 Å². The number of aliphatic hydroxyl groups excluding tert-OH is 1. The lowest BCUT2D eigenvalue weighted by Crippen LogP contribution is -2.09. The summed E-state index contributed by atoms with van der Waals surface area (Å²) in [7, 11) is 0. The minimum atomic E-state index is -1.41. The van der Waals surface area contributed by atoms with Crippen molar-refractivity contribution >= 4 is 5.97 Å². The van der Waals surface area contributed by atoms with E-state index in [1.54, 1.807) is 30.3 Å². The van der Waals surface area contributed by atoms with E-state index in [0.29, 0.717) is 5.56 Å². The van der Waals surface area contributed by atoms with Crippen LogP contribution in [0.5, 0.6) is 0 Å².